The Morgan fingerprint density at radius 2 is 1.70 bits per heavy atom. The molecular weight excluding hydrogens is 370 g/mol. The number of nitrogens with zero attached hydrogens (tertiary/aromatic N) is 2. The first-order valence-corrected chi connectivity index (χ1v) is 10.4. The molecule has 0 spiro atoms. The van der Waals surface area contributed by atoms with Crippen LogP contribution in [0.3, 0.4) is 0 Å². The van der Waals surface area contributed by atoms with Gasteiger partial charge in [0.15, 0.2) is 0 Å². The van der Waals surface area contributed by atoms with Gasteiger partial charge in [0.2, 0.25) is 0 Å². The van der Waals surface area contributed by atoms with E-state index in [4.69, 9.17) is 4.98 Å². The molecule has 0 radical (unpaired) electrons. The molecule has 4 rings (SSSR count). The largest absolute Gasteiger partial charge is 0.352 e. The van der Waals surface area contributed by atoms with Crippen LogP contribution in [0.2, 0.25) is 0 Å². The van der Waals surface area contributed by atoms with Crippen LogP contribution in [-0.4, -0.2) is 22.0 Å². The van der Waals surface area contributed by atoms with E-state index in [0.717, 1.165) is 41.8 Å². The smallest absolute Gasteiger partial charge is 0.251 e. The van der Waals surface area contributed by atoms with Crippen molar-refractivity contribution in [2.45, 2.75) is 33.2 Å². The molecular formula is C26H27N3O. The lowest BCUT2D eigenvalue weighted by atomic mass is 10.1. The molecule has 0 aliphatic rings. The van der Waals surface area contributed by atoms with E-state index in [1.807, 2.05) is 37.3 Å². The summed E-state index contributed by atoms with van der Waals surface area (Å²) in [5.41, 5.74) is 6.50. The number of benzene rings is 3. The van der Waals surface area contributed by atoms with Crippen molar-refractivity contribution in [2.75, 3.05) is 6.54 Å². The summed E-state index contributed by atoms with van der Waals surface area (Å²) in [5, 5.41) is 3.03. The minimum absolute atomic E-state index is 0.0213. The van der Waals surface area contributed by atoms with E-state index in [9.17, 15) is 4.79 Å². The Morgan fingerprint density at radius 1 is 0.933 bits per heavy atom. The molecule has 0 aliphatic carbocycles. The highest BCUT2D eigenvalue weighted by Gasteiger charge is 2.11. The van der Waals surface area contributed by atoms with Crippen LogP contribution in [-0.2, 0) is 13.0 Å². The van der Waals surface area contributed by atoms with E-state index >= 15 is 0 Å². The average molecular weight is 398 g/mol. The second-order valence-electron chi connectivity index (χ2n) is 7.82. The van der Waals surface area contributed by atoms with Crippen molar-refractivity contribution in [3.63, 3.8) is 0 Å². The van der Waals surface area contributed by atoms with E-state index < -0.39 is 0 Å². The fraction of sp³-hybridized carbons (Fsp3) is 0.231. The molecule has 3 aromatic carbocycles. The molecule has 0 bridgehead atoms. The number of carbonyl (C=O) groups excluding carboxylic acids is 1. The van der Waals surface area contributed by atoms with Gasteiger partial charge in [-0.25, -0.2) is 4.98 Å². The third kappa shape index (κ3) is 4.60. The molecule has 4 nitrogen and oxygen atoms in total. The van der Waals surface area contributed by atoms with E-state index in [1.54, 1.807) is 0 Å². The second-order valence-corrected chi connectivity index (χ2v) is 7.82. The van der Waals surface area contributed by atoms with Gasteiger partial charge in [0.05, 0.1) is 11.0 Å². The molecule has 152 valence electrons. The van der Waals surface area contributed by atoms with Crippen molar-refractivity contribution in [3.8, 4) is 0 Å². The Bertz CT molecular complexity index is 1180. The molecule has 1 amide bonds. The SMILES string of the molecule is Cc1cccc(Cn2c(CCCNC(=O)c3cccc(C)c3)nc3ccccc32)c1. The number of fused-ring (bicyclic) bond motifs is 1. The van der Waals surface area contributed by atoms with Crippen molar-refractivity contribution in [1.82, 2.24) is 14.9 Å². The van der Waals surface area contributed by atoms with Gasteiger partial charge in [-0.15, -0.1) is 0 Å². The van der Waals surface area contributed by atoms with Gasteiger partial charge in [0, 0.05) is 25.1 Å². The lowest BCUT2D eigenvalue weighted by Gasteiger charge is -2.11. The third-order valence-corrected chi connectivity index (χ3v) is 5.30. The average Bonchev–Trinajstić information content (AvgIpc) is 3.08. The van der Waals surface area contributed by atoms with Gasteiger partial charge in [-0.1, -0.05) is 59.7 Å². The number of aryl methyl sites for hydroxylation is 3. The molecule has 0 unspecified atom stereocenters. The molecule has 1 N–H and O–H groups in total. The molecule has 4 aromatic rings. The fourth-order valence-corrected chi connectivity index (χ4v) is 3.82. The summed E-state index contributed by atoms with van der Waals surface area (Å²) in [5.74, 6) is 1.04. The van der Waals surface area contributed by atoms with Crippen molar-refractivity contribution in [1.29, 1.82) is 0 Å². The van der Waals surface area contributed by atoms with Crippen molar-refractivity contribution in [2.24, 2.45) is 0 Å². The fourth-order valence-electron chi connectivity index (χ4n) is 3.82. The second kappa shape index (κ2) is 8.95. The Balaban J connectivity index is 1.45. The minimum Gasteiger partial charge on any atom is -0.352 e. The zero-order valence-electron chi connectivity index (χ0n) is 17.6. The quantitative estimate of drug-likeness (QED) is 0.443. The topological polar surface area (TPSA) is 46.9 Å². The lowest BCUT2D eigenvalue weighted by Crippen LogP contribution is -2.25. The van der Waals surface area contributed by atoms with Gasteiger partial charge in [-0.05, 0) is 50.1 Å². The summed E-state index contributed by atoms with van der Waals surface area (Å²) in [4.78, 5) is 17.2. The van der Waals surface area contributed by atoms with Crippen LogP contribution >= 0.6 is 0 Å². The molecule has 1 aromatic heterocycles. The van der Waals surface area contributed by atoms with Crippen LogP contribution < -0.4 is 5.32 Å². The van der Waals surface area contributed by atoms with E-state index in [2.05, 4.69) is 59.3 Å². The number of carbonyl (C=O) groups is 1. The number of para-hydroxylation sites is 2. The highest BCUT2D eigenvalue weighted by molar-refractivity contribution is 5.94. The van der Waals surface area contributed by atoms with Crippen LogP contribution in [0.25, 0.3) is 11.0 Å². The van der Waals surface area contributed by atoms with Gasteiger partial charge in [0.1, 0.15) is 5.82 Å². The maximum absolute atomic E-state index is 12.4. The molecule has 0 saturated heterocycles. The van der Waals surface area contributed by atoms with Gasteiger partial charge in [-0.2, -0.15) is 0 Å². The molecule has 0 atom stereocenters. The van der Waals surface area contributed by atoms with E-state index in [-0.39, 0.29) is 5.91 Å². The molecule has 0 fully saturated rings. The van der Waals surface area contributed by atoms with Crippen LogP contribution in [0.1, 0.15) is 39.3 Å². The van der Waals surface area contributed by atoms with Crippen LogP contribution in [0.15, 0.2) is 72.8 Å². The number of hydrogen-bond acceptors (Lipinski definition) is 2. The van der Waals surface area contributed by atoms with Gasteiger partial charge >= 0.3 is 0 Å². The van der Waals surface area contributed by atoms with Crippen LogP contribution in [0.5, 0.6) is 0 Å². The molecule has 1 heterocycles. The number of hydrogen-bond donors (Lipinski definition) is 1. The number of nitrogens with one attached hydrogen (secondary N) is 1. The van der Waals surface area contributed by atoms with Gasteiger partial charge in [0.25, 0.3) is 5.91 Å². The first-order chi connectivity index (χ1) is 14.6. The Labute approximate surface area is 177 Å². The predicted octanol–water partition coefficient (Wildman–Crippen LogP) is 5.06. The zero-order valence-corrected chi connectivity index (χ0v) is 17.6. The van der Waals surface area contributed by atoms with Crippen LogP contribution in [0.4, 0.5) is 0 Å². The Kier molecular flexibility index (Phi) is 5.94. The molecule has 0 aliphatic heterocycles. The highest BCUT2D eigenvalue weighted by Crippen LogP contribution is 2.19. The summed E-state index contributed by atoms with van der Waals surface area (Å²) in [7, 11) is 0. The summed E-state index contributed by atoms with van der Waals surface area (Å²) in [6.45, 7) is 5.54. The number of amides is 1. The zero-order chi connectivity index (χ0) is 20.9. The molecule has 4 heteroatoms. The van der Waals surface area contributed by atoms with Crippen molar-refractivity contribution < 1.29 is 4.79 Å². The van der Waals surface area contributed by atoms with Crippen molar-refractivity contribution >= 4 is 16.9 Å². The Morgan fingerprint density at radius 3 is 2.50 bits per heavy atom. The molecule has 0 saturated carbocycles. The summed E-state index contributed by atoms with van der Waals surface area (Å²) in [6.07, 6.45) is 1.66. The van der Waals surface area contributed by atoms with Gasteiger partial charge < -0.3 is 9.88 Å². The van der Waals surface area contributed by atoms with Crippen LogP contribution in [0, 0.1) is 13.8 Å². The first kappa shape index (κ1) is 19.9. The minimum atomic E-state index is -0.0213. The maximum atomic E-state index is 12.4. The lowest BCUT2D eigenvalue weighted by molar-refractivity contribution is 0.0953. The predicted molar refractivity (Wildman–Crippen MR) is 122 cm³/mol. The summed E-state index contributed by atoms with van der Waals surface area (Å²) < 4.78 is 2.30. The Hall–Kier alpha value is -3.40. The summed E-state index contributed by atoms with van der Waals surface area (Å²) >= 11 is 0. The monoisotopic (exact) mass is 397 g/mol. The van der Waals surface area contributed by atoms with Crippen molar-refractivity contribution in [3.05, 3.63) is 101 Å². The maximum Gasteiger partial charge on any atom is 0.251 e. The van der Waals surface area contributed by atoms with E-state index in [0.29, 0.717) is 12.1 Å². The summed E-state index contributed by atoms with van der Waals surface area (Å²) in [6, 6.07) is 24.5. The third-order valence-electron chi connectivity index (χ3n) is 5.30. The standard InChI is InChI=1S/C26H27N3O/c1-19-8-5-10-21(16-19)18-29-24-13-4-3-12-23(24)28-25(29)14-7-15-27-26(30)22-11-6-9-20(2)17-22/h3-6,8-13,16-17H,7,14-15,18H2,1-2H3,(H,27,30). The number of rotatable bonds is 7. The molecule has 30 heavy (non-hydrogen) atoms. The number of imidazole rings is 1. The normalized spacial score (nSPS) is 11.0. The van der Waals surface area contributed by atoms with E-state index in [1.165, 1.54) is 11.1 Å². The highest BCUT2D eigenvalue weighted by atomic mass is 16.1. The number of aromatic nitrogens is 2. The first-order valence-electron chi connectivity index (χ1n) is 10.4. The van der Waals surface area contributed by atoms with Gasteiger partial charge in [-0.3, -0.25) is 4.79 Å².